The maximum absolute atomic E-state index is 12.7. The van der Waals surface area contributed by atoms with E-state index in [4.69, 9.17) is 9.84 Å². The number of ether oxygens (including phenoxy) is 1. The number of benzene rings is 1. The van der Waals surface area contributed by atoms with Crippen molar-refractivity contribution in [2.24, 2.45) is 0 Å². The molecular formula is C15H15NO5S. The Morgan fingerprint density at radius 1 is 1.23 bits per heavy atom. The second-order valence-corrected chi connectivity index (χ2v) is 6.50. The van der Waals surface area contributed by atoms with Gasteiger partial charge < -0.3 is 9.84 Å². The highest BCUT2D eigenvalue weighted by molar-refractivity contribution is 7.91. The number of carboxylic acid groups (broad SMARTS) is 1. The molecule has 1 unspecified atom stereocenters. The average Bonchev–Trinajstić information content (AvgIpc) is 2.54. The van der Waals surface area contributed by atoms with Crippen LogP contribution in [0.3, 0.4) is 0 Å². The highest BCUT2D eigenvalue weighted by Crippen LogP contribution is 2.28. The molecule has 6 nitrogen and oxygen atoms in total. The molecule has 1 atom stereocenters. The molecule has 1 N–H and O–H groups in total. The number of hydrogen-bond acceptors (Lipinski definition) is 5. The van der Waals surface area contributed by atoms with Crippen LogP contribution in [-0.2, 0) is 14.6 Å². The van der Waals surface area contributed by atoms with Crippen molar-refractivity contribution in [3.8, 4) is 5.75 Å². The number of nitrogens with zero attached hydrogens (tertiary/aromatic N) is 1. The molecule has 1 aromatic carbocycles. The first-order valence-electron chi connectivity index (χ1n) is 6.44. The molecule has 0 saturated carbocycles. The Morgan fingerprint density at radius 2 is 1.86 bits per heavy atom. The molecule has 0 spiro atoms. The number of hydrogen-bond donors (Lipinski definition) is 1. The number of methoxy groups -OCH3 is 1. The van der Waals surface area contributed by atoms with Crippen molar-refractivity contribution in [2.75, 3.05) is 7.11 Å². The smallest absolute Gasteiger partial charge is 0.310 e. The fraction of sp³-hybridized carbons (Fsp3) is 0.200. The predicted octanol–water partition coefficient (Wildman–Crippen LogP) is 2.11. The van der Waals surface area contributed by atoms with Crippen LogP contribution in [0.25, 0.3) is 0 Å². The lowest BCUT2D eigenvalue weighted by Gasteiger charge is -2.12. The summed E-state index contributed by atoms with van der Waals surface area (Å²) in [6.45, 7) is 1.42. The summed E-state index contributed by atoms with van der Waals surface area (Å²) in [6, 6.07) is 8.83. The van der Waals surface area contributed by atoms with E-state index in [0.29, 0.717) is 5.75 Å². The van der Waals surface area contributed by atoms with Crippen LogP contribution < -0.4 is 4.74 Å². The van der Waals surface area contributed by atoms with E-state index in [-0.39, 0.29) is 15.5 Å². The Balaban J connectivity index is 2.56. The van der Waals surface area contributed by atoms with Crippen LogP contribution in [-0.4, -0.2) is 31.6 Å². The number of carboxylic acids is 1. The average molecular weight is 321 g/mol. The zero-order chi connectivity index (χ0) is 16.3. The Kier molecular flexibility index (Phi) is 4.46. The molecule has 1 aromatic heterocycles. The number of carbonyl (C=O) groups is 1. The summed E-state index contributed by atoms with van der Waals surface area (Å²) in [4.78, 5) is 15.1. The van der Waals surface area contributed by atoms with Gasteiger partial charge >= 0.3 is 5.97 Å². The van der Waals surface area contributed by atoms with E-state index in [2.05, 4.69) is 4.98 Å². The van der Waals surface area contributed by atoms with Gasteiger partial charge in [-0.1, -0.05) is 6.07 Å². The Morgan fingerprint density at radius 3 is 2.41 bits per heavy atom. The summed E-state index contributed by atoms with van der Waals surface area (Å²) < 4.78 is 30.4. The molecule has 0 aliphatic rings. The van der Waals surface area contributed by atoms with E-state index >= 15 is 0 Å². The lowest BCUT2D eigenvalue weighted by Crippen LogP contribution is -2.14. The SMILES string of the molecule is COc1ccc(S(=O)(=O)c2ncccc2C(C)C(=O)O)cc1. The van der Waals surface area contributed by atoms with E-state index in [1.54, 1.807) is 0 Å². The van der Waals surface area contributed by atoms with Gasteiger partial charge in [0.15, 0.2) is 5.03 Å². The van der Waals surface area contributed by atoms with Crippen LogP contribution in [0.4, 0.5) is 0 Å². The first-order chi connectivity index (χ1) is 10.4. The van der Waals surface area contributed by atoms with Crippen LogP contribution in [0.1, 0.15) is 18.4 Å². The lowest BCUT2D eigenvalue weighted by molar-refractivity contribution is -0.138. The minimum Gasteiger partial charge on any atom is -0.497 e. The summed E-state index contributed by atoms with van der Waals surface area (Å²) in [5.74, 6) is -1.56. The van der Waals surface area contributed by atoms with Crippen LogP contribution in [0.5, 0.6) is 5.75 Å². The van der Waals surface area contributed by atoms with Crippen LogP contribution in [0, 0.1) is 0 Å². The van der Waals surface area contributed by atoms with Gasteiger partial charge in [-0.3, -0.25) is 4.79 Å². The minimum absolute atomic E-state index is 0.0332. The number of rotatable bonds is 5. The van der Waals surface area contributed by atoms with E-state index in [9.17, 15) is 13.2 Å². The fourth-order valence-electron chi connectivity index (χ4n) is 1.96. The number of aliphatic carboxylic acids is 1. The molecular weight excluding hydrogens is 306 g/mol. The minimum atomic E-state index is -3.90. The molecule has 0 bridgehead atoms. The van der Waals surface area contributed by atoms with Crippen molar-refractivity contribution in [3.63, 3.8) is 0 Å². The standard InChI is InChI=1S/C15H15NO5S/c1-10(15(17)18)13-4-3-9-16-14(13)22(19,20)12-7-5-11(21-2)6-8-12/h3-10H,1-2H3,(H,17,18). The first kappa shape index (κ1) is 16.0. The summed E-state index contributed by atoms with van der Waals surface area (Å²) in [5.41, 5.74) is 0.158. The predicted molar refractivity (Wildman–Crippen MR) is 78.7 cm³/mol. The van der Waals surface area contributed by atoms with Gasteiger partial charge in [0.25, 0.3) is 0 Å². The molecule has 0 amide bonds. The van der Waals surface area contributed by atoms with Gasteiger partial charge in [-0.25, -0.2) is 13.4 Å². The Bertz CT molecular complexity index is 784. The summed E-state index contributed by atoms with van der Waals surface area (Å²) in [5, 5.41) is 8.88. The molecule has 22 heavy (non-hydrogen) atoms. The number of pyridine rings is 1. The summed E-state index contributed by atoms with van der Waals surface area (Å²) in [6.07, 6.45) is 1.33. The molecule has 0 fully saturated rings. The third-order valence-corrected chi connectivity index (χ3v) is 5.00. The van der Waals surface area contributed by atoms with Crippen molar-refractivity contribution in [2.45, 2.75) is 22.8 Å². The van der Waals surface area contributed by atoms with Crippen LogP contribution >= 0.6 is 0 Å². The molecule has 1 heterocycles. The van der Waals surface area contributed by atoms with Gasteiger partial charge in [-0.05, 0) is 37.3 Å². The van der Waals surface area contributed by atoms with E-state index < -0.39 is 21.7 Å². The molecule has 7 heteroatoms. The Hall–Kier alpha value is -2.41. The van der Waals surface area contributed by atoms with Gasteiger partial charge in [0.1, 0.15) is 5.75 Å². The largest absolute Gasteiger partial charge is 0.497 e. The van der Waals surface area contributed by atoms with Crippen molar-refractivity contribution in [1.29, 1.82) is 0 Å². The maximum Gasteiger partial charge on any atom is 0.310 e. The van der Waals surface area contributed by atoms with E-state index in [0.717, 1.165) is 0 Å². The maximum atomic E-state index is 12.7. The van der Waals surface area contributed by atoms with Gasteiger partial charge in [0.2, 0.25) is 9.84 Å². The highest BCUT2D eigenvalue weighted by Gasteiger charge is 2.27. The molecule has 0 aliphatic carbocycles. The topological polar surface area (TPSA) is 93.6 Å². The third-order valence-electron chi connectivity index (χ3n) is 3.26. The van der Waals surface area contributed by atoms with Crippen molar-refractivity contribution in [3.05, 3.63) is 48.2 Å². The van der Waals surface area contributed by atoms with Gasteiger partial charge in [0.05, 0.1) is 17.9 Å². The quantitative estimate of drug-likeness (QED) is 0.906. The molecule has 2 aromatic rings. The summed E-state index contributed by atoms with van der Waals surface area (Å²) >= 11 is 0. The van der Waals surface area contributed by atoms with E-state index in [1.165, 1.54) is 56.6 Å². The lowest BCUT2D eigenvalue weighted by atomic mass is 10.0. The molecule has 116 valence electrons. The van der Waals surface area contributed by atoms with Gasteiger partial charge in [-0.15, -0.1) is 0 Å². The monoisotopic (exact) mass is 321 g/mol. The highest BCUT2D eigenvalue weighted by atomic mass is 32.2. The van der Waals surface area contributed by atoms with Gasteiger partial charge in [0, 0.05) is 11.8 Å². The second-order valence-electron chi connectivity index (χ2n) is 4.64. The van der Waals surface area contributed by atoms with Crippen molar-refractivity contribution < 1.29 is 23.1 Å². The first-order valence-corrected chi connectivity index (χ1v) is 7.93. The van der Waals surface area contributed by atoms with Crippen molar-refractivity contribution >= 4 is 15.8 Å². The van der Waals surface area contributed by atoms with E-state index in [1.807, 2.05) is 0 Å². The number of sulfone groups is 1. The van der Waals surface area contributed by atoms with Crippen LogP contribution in [0.2, 0.25) is 0 Å². The molecule has 0 aliphatic heterocycles. The van der Waals surface area contributed by atoms with Gasteiger partial charge in [-0.2, -0.15) is 0 Å². The molecule has 0 radical (unpaired) electrons. The number of aromatic nitrogens is 1. The zero-order valence-corrected chi connectivity index (χ0v) is 12.9. The molecule has 0 saturated heterocycles. The summed E-state index contributed by atoms with van der Waals surface area (Å²) in [7, 11) is -2.42. The normalized spacial score (nSPS) is 12.6. The third kappa shape index (κ3) is 2.94. The van der Waals surface area contributed by atoms with Crippen LogP contribution in [0.15, 0.2) is 52.5 Å². The fourth-order valence-corrected chi connectivity index (χ4v) is 3.43. The molecule has 2 rings (SSSR count). The van der Waals surface area contributed by atoms with Crippen molar-refractivity contribution in [1.82, 2.24) is 4.98 Å². The Labute approximate surface area is 128 Å². The second kappa shape index (κ2) is 6.15. The zero-order valence-electron chi connectivity index (χ0n) is 12.1.